The molecule has 2 saturated carbocycles. The highest BCUT2D eigenvalue weighted by molar-refractivity contribution is 6.31. The molecule has 0 radical (unpaired) electrons. The minimum absolute atomic E-state index is 0.183. The molecule has 4 nitrogen and oxygen atoms in total. The minimum Gasteiger partial charge on any atom is -0.378 e. The first-order chi connectivity index (χ1) is 12.1. The quantitative estimate of drug-likeness (QED) is 0.568. The average Bonchev–Trinajstić information content (AvgIpc) is 3.23. The second-order valence-electron chi connectivity index (χ2n) is 7.61. The number of nitro benzene ring substituents is 1. The average molecular weight is 355 g/mol. The van der Waals surface area contributed by atoms with Crippen LogP contribution in [0.25, 0.3) is 0 Å². The molecule has 3 aliphatic rings. The van der Waals surface area contributed by atoms with Crippen LogP contribution in [-0.2, 0) is 0 Å². The number of halogens is 1. The van der Waals surface area contributed by atoms with Crippen LogP contribution in [0.5, 0.6) is 0 Å². The fourth-order valence-corrected chi connectivity index (χ4v) is 5.88. The monoisotopic (exact) mass is 354 g/mol. The highest BCUT2D eigenvalue weighted by Crippen LogP contribution is 2.64. The van der Waals surface area contributed by atoms with Crippen LogP contribution in [0.2, 0.25) is 5.02 Å². The largest absolute Gasteiger partial charge is 0.378 e. The Bertz CT molecular complexity index is 869. The van der Waals surface area contributed by atoms with E-state index in [0.29, 0.717) is 23.7 Å². The molecule has 1 heterocycles. The number of nitro groups is 1. The standard InChI is InChI=1S/C20H19ClN2O2/c21-16-4-2-1-3-14(16)20-19-12-6-5-11(9-12)18(19)15-10-13(23(24)25)7-8-17(15)22-20/h1-4,7-8,10-12,18-20,22H,5-6,9H2/t11-,12+,18+,19+,20-/m0/s1. The third-order valence-electron chi connectivity index (χ3n) is 6.52. The van der Waals surface area contributed by atoms with E-state index in [2.05, 4.69) is 11.4 Å². The number of hydrogen-bond donors (Lipinski definition) is 1. The lowest BCUT2D eigenvalue weighted by Gasteiger charge is -2.43. The Morgan fingerprint density at radius 2 is 1.88 bits per heavy atom. The van der Waals surface area contributed by atoms with Gasteiger partial charge in [0, 0.05) is 22.8 Å². The first-order valence-electron chi connectivity index (χ1n) is 8.93. The lowest BCUT2D eigenvalue weighted by atomic mass is 9.68. The summed E-state index contributed by atoms with van der Waals surface area (Å²) in [5, 5.41) is 15.7. The maximum atomic E-state index is 11.2. The molecule has 0 amide bonds. The number of rotatable bonds is 2. The van der Waals surface area contributed by atoms with Gasteiger partial charge in [-0.15, -0.1) is 0 Å². The van der Waals surface area contributed by atoms with Gasteiger partial charge in [-0.05, 0) is 66.2 Å². The number of nitrogens with one attached hydrogen (secondary N) is 1. The molecule has 0 saturated heterocycles. The Morgan fingerprint density at radius 1 is 1.08 bits per heavy atom. The van der Waals surface area contributed by atoms with E-state index in [1.807, 2.05) is 24.3 Å². The first-order valence-corrected chi connectivity index (χ1v) is 9.30. The van der Waals surface area contributed by atoms with Crippen LogP contribution in [-0.4, -0.2) is 4.92 Å². The molecule has 0 spiro atoms. The van der Waals surface area contributed by atoms with Gasteiger partial charge in [0.05, 0.1) is 11.0 Å². The fraction of sp³-hybridized carbons (Fsp3) is 0.400. The molecule has 5 atom stereocenters. The summed E-state index contributed by atoms with van der Waals surface area (Å²) >= 11 is 6.51. The summed E-state index contributed by atoms with van der Waals surface area (Å²) in [6.07, 6.45) is 3.74. The van der Waals surface area contributed by atoms with Crippen LogP contribution < -0.4 is 5.32 Å². The van der Waals surface area contributed by atoms with Gasteiger partial charge in [0.15, 0.2) is 0 Å². The van der Waals surface area contributed by atoms with Crippen molar-refractivity contribution in [1.29, 1.82) is 0 Å². The second-order valence-corrected chi connectivity index (χ2v) is 8.02. The van der Waals surface area contributed by atoms with E-state index < -0.39 is 0 Å². The molecule has 0 unspecified atom stereocenters. The van der Waals surface area contributed by atoms with Crippen molar-refractivity contribution < 1.29 is 4.92 Å². The van der Waals surface area contributed by atoms with Crippen LogP contribution in [0.15, 0.2) is 42.5 Å². The summed E-state index contributed by atoms with van der Waals surface area (Å²) in [6.45, 7) is 0. The predicted molar refractivity (Wildman–Crippen MR) is 98.0 cm³/mol. The Kier molecular flexibility index (Phi) is 3.32. The molecule has 1 N–H and O–H groups in total. The summed E-state index contributed by atoms with van der Waals surface area (Å²) in [6, 6.07) is 13.5. The molecule has 2 aliphatic carbocycles. The number of nitrogens with zero attached hydrogens (tertiary/aromatic N) is 1. The summed E-state index contributed by atoms with van der Waals surface area (Å²) < 4.78 is 0. The van der Waals surface area contributed by atoms with Crippen molar-refractivity contribution >= 4 is 23.0 Å². The van der Waals surface area contributed by atoms with Crippen molar-refractivity contribution in [2.75, 3.05) is 5.32 Å². The van der Waals surface area contributed by atoms with E-state index in [0.717, 1.165) is 21.8 Å². The first kappa shape index (κ1) is 15.2. The van der Waals surface area contributed by atoms with Gasteiger partial charge in [0.1, 0.15) is 0 Å². The Balaban J connectivity index is 1.65. The number of fused-ring (bicyclic) bond motifs is 7. The minimum atomic E-state index is -0.289. The number of anilines is 1. The van der Waals surface area contributed by atoms with E-state index in [-0.39, 0.29) is 16.7 Å². The smallest absolute Gasteiger partial charge is 0.269 e. The van der Waals surface area contributed by atoms with Gasteiger partial charge in [-0.25, -0.2) is 0 Å². The zero-order chi connectivity index (χ0) is 17.1. The highest BCUT2D eigenvalue weighted by Gasteiger charge is 2.54. The Labute approximate surface area is 151 Å². The van der Waals surface area contributed by atoms with E-state index in [4.69, 9.17) is 11.6 Å². The molecule has 2 fully saturated rings. The van der Waals surface area contributed by atoms with Gasteiger partial charge < -0.3 is 5.32 Å². The Morgan fingerprint density at radius 3 is 2.68 bits per heavy atom. The molecule has 25 heavy (non-hydrogen) atoms. The van der Waals surface area contributed by atoms with Crippen molar-refractivity contribution in [3.63, 3.8) is 0 Å². The van der Waals surface area contributed by atoms with E-state index in [1.54, 1.807) is 12.1 Å². The van der Waals surface area contributed by atoms with Crippen molar-refractivity contribution in [1.82, 2.24) is 0 Å². The van der Waals surface area contributed by atoms with Gasteiger partial charge in [-0.2, -0.15) is 0 Å². The molecule has 1 aliphatic heterocycles. The van der Waals surface area contributed by atoms with Crippen molar-refractivity contribution in [2.24, 2.45) is 17.8 Å². The van der Waals surface area contributed by atoms with Crippen molar-refractivity contribution in [3.05, 3.63) is 68.7 Å². The van der Waals surface area contributed by atoms with E-state index in [9.17, 15) is 10.1 Å². The molecule has 5 rings (SSSR count). The molecule has 128 valence electrons. The van der Waals surface area contributed by atoms with Crippen LogP contribution >= 0.6 is 11.6 Å². The van der Waals surface area contributed by atoms with Crippen molar-refractivity contribution in [3.8, 4) is 0 Å². The van der Waals surface area contributed by atoms with Gasteiger partial charge in [-0.3, -0.25) is 10.1 Å². The highest BCUT2D eigenvalue weighted by atomic mass is 35.5. The summed E-state index contributed by atoms with van der Waals surface area (Å²) in [7, 11) is 0. The van der Waals surface area contributed by atoms with Gasteiger partial charge >= 0.3 is 0 Å². The zero-order valence-corrected chi connectivity index (χ0v) is 14.4. The van der Waals surface area contributed by atoms with Crippen LogP contribution in [0.1, 0.15) is 42.3 Å². The summed E-state index contributed by atoms with van der Waals surface area (Å²) in [4.78, 5) is 10.9. The lowest BCUT2D eigenvalue weighted by molar-refractivity contribution is -0.384. The SMILES string of the molecule is O=[N+]([O-])c1ccc2c(c1)[C@H]1[C@H]3CC[C@H](C3)[C@H]1[C@H](c1ccccc1Cl)N2. The third-order valence-corrected chi connectivity index (χ3v) is 6.87. The molecule has 2 aromatic carbocycles. The van der Waals surface area contributed by atoms with Crippen molar-refractivity contribution in [2.45, 2.75) is 31.2 Å². The van der Waals surface area contributed by atoms with E-state index in [1.165, 1.54) is 19.3 Å². The number of hydrogen-bond acceptors (Lipinski definition) is 3. The summed E-state index contributed by atoms with van der Waals surface area (Å²) in [5.74, 6) is 2.18. The maximum absolute atomic E-state index is 11.2. The van der Waals surface area contributed by atoms with Crippen LogP contribution in [0, 0.1) is 27.9 Å². The molecule has 2 aromatic rings. The Hall–Kier alpha value is -2.07. The molecule has 2 bridgehead atoms. The number of benzene rings is 2. The van der Waals surface area contributed by atoms with Crippen LogP contribution in [0.4, 0.5) is 11.4 Å². The molecular formula is C20H19ClN2O2. The molecule has 5 heteroatoms. The van der Waals surface area contributed by atoms with Gasteiger partial charge in [-0.1, -0.05) is 29.8 Å². The third kappa shape index (κ3) is 2.20. The van der Waals surface area contributed by atoms with E-state index >= 15 is 0 Å². The lowest BCUT2D eigenvalue weighted by Crippen LogP contribution is -2.35. The van der Waals surface area contributed by atoms with Gasteiger partial charge in [0.25, 0.3) is 5.69 Å². The predicted octanol–water partition coefficient (Wildman–Crippen LogP) is 5.54. The normalized spacial score (nSPS) is 32.0. The fourth-order valence-electron chi connectivity index (χ4n) is 5.62. The maximum Gasteiger partial charge on any atom is 0.269 e. The van der Waals surface area contributed by atoms with Gasteiger partial charge in [0.2, 0.25) is 0 Å². The molecule has 0 aromatic heterocycles. The zero-order valence-electron chi connectivity index (χ0n) is 13.7. The summed E-state index contributed by atoms with van der Waals surface area (Å²) in [5.41, 5.74) is 3.51. The molecular weight excluding hydrogens is 336 g/mol. The van der Waals surface area contributed by atoms with Crippen LogP contribution in [0.3, 0.4) is 0 Å². The second kappa shape index (κ2) is 5.46. The topological polar surface area (TPSA) is 55.2 Å². The number of non-ortho nitro benzene ring substituents is 1.